The van der Waals surface area contributed by atoms with Gasteiger partial charge in [-0.25, -0.2) is 0 Å². The third-order valence-corrected chi connectivity index (χ3v) is 13.8. The van der Waals surface area contributed by atoms with E-state index in [1.807, 2.05) is 0 Å². The van der Waals surface area contributed by atoms with E-state index >= 15 is 0 Å². The highest BCUT2D eigenvalue weighted by Gasteiger charge is 2.16. The van der Waals surface area contributed by atoms with Crippen LogP contribution in [0.3, 0.4) is 0 Å². The molecule has 356 valence electrons. The van der Waals surface area contributed by atoms with E-state index in [2.05, 4.69) is 32.6 Å². The number of unbranched alkanes of at least 4 members (excludes halogenated alkanes) is 22. The number of hydrogen-bond acceptors (Lipinski definition) is 5. The normalized spacial score (nSPS) is 13.8. The summed E-state index contributed by atoms with van der Waals surface area (Å²) in [6, 6.07) is 0. The third kappa shape index (κ3) is 37.5. The van der Waals surface area contributed by atoms with E-state index in [0.717, 1.165) is 56.8 Å². The highest BCUT2D eigenvalue weighted by atomic mass is 16.5. The van der Waals surface area contributed by atoms with Crippen molar-refractivity contribution in [3.8, 4) is 0 Å². The van der Waals surface area contributed by atoms with Crippen molar-refractivity contribution in [3.05, 3.63) is 0 Å². The molecule has 1 fully saturated rings. The Labute approximate surface area is 376 Å². The standard InChI is InChI=1S/C55H107NO4/c1-5-9-13-17-21-29-43-53(44-30-22-18-14-10-6-2)60-55(58)46-32-24-28-40-51(41-35-49-56-47-33-34-48-56)39-27-20-19-23-31-45-54(57)59-50-36-42-52(37-25-15-11-7-3)38-26-16-12-8-4/h51-53H,5-50H2,1-4H3. The summed E-state index contributed by atoms with van der Waals surface area (Å²) in [5.41, 5.74) is 0. The van der Waals surface area contributed by atoms with Crippen LogP contribution in [0.4, 0.5) is 0 Å². The Morgan fingerprint density at radius 1 is 0.400 bits per heavy atom. The van der Waals surface area contributed by atoms with Gasteiger partial charge in [0.05, 0.1) is 6.61 Å². The van der Waals surface area contributed by atoms with Crippen molar-refractivity contribution in [2.24, 2.45) is 11.8 Å². The molecular formula is C55H107NO4. The molecule has 0 aromatic heterocycles. The smallest absolute Gasteiger partial charge is 0.306 e. The van der Waals surface area contributed by atoms with Gasteiger partial charge in [-0.3, -0.25) is 9.59 Å². The van der Waals surface area contributed by atoms with Crippen LogP contribution in [-0.4, -0.2) is 49.2 Å². The van der Waals surface area contributed by atoms with E-state index in [1.165, 1.54) is 232 Å². The summed E-state index contributed by atoms with van der Waals surface area (Å²) < 4.78 is 11.8. The molecule has 0 bridgehead atoms. The number of nitrogens with zero attached hydrogens (tertiary/aromatic N) is 1. The molecule has 1 aliphatic rings. The molecule has 1 rings (SSSR count). The Morgan fingerprint density at radius 2 is 0.750 bits per heavy atom. The van der Waals surface area contributed by atoms with Crippen LogP contribution in [0.1, 0.15) is 297 Å². The van der Waals surface area contributed by atoms with Gasteiger partial charge in [0.25, 0.3) is 0 Å². The highest BCUT2D eigenvalue weighted by molar-refractivity contribution is 5.69. The fourth-order valence-corrected chi connectivity index (χ4v) is 9.75. The number of carbonyl (C=O) groups is 2. The predicted octanol–water partition coefficient (Wildman–Crippen LogP) is 17.5. The molecule has 60 heavy (non-hydrogen) atoms. The van der Waals surface area contributed by atoms with Crippen molar-refractivity contribution in [2.75, 3.05) is 26.2 Å². The molecule has 1 unspecified atom stereocenters. The van der Waals surface area contributed by atoms with Gasteiger partial charge in [-0.05, 0) is 109 Å². The molecule has 0 spiro atoms. The molecule has 0 N–H and O–H groups in total. The number of esters is 2. The fourth-order valence-electron chi connectivity index (χ4n) is 9.75. The summed E-state index contributed by atoms with van der Waals surface area (Å²) in [6.07, 6.45) is 52.1. The van der Waals surface area contributed by atoms with Crippen molar-refractivity contribution in [2.45, 2.75) is 303 Å². The van der Waals surface area contributed by atoms with Crippen molar-refractivity contribution in [1.82, 2.24) is 4.90 Å². The SMILES string of the molecule is CCCCCCCCC(CCCCCCCC)OC(=O)CCCCCC(CCCCCCCC(=O)OCCCC(CCCCCC)CCCCCC)CCCN1CCCC1. The maximum Gasteiger partial charge on any atom is 0.306 e. The average molecular weight is 846 g/mol. The Hall–Kier alpha value is -1.10. The molecular weight excluding hydrogens is 739 g/mol. The highest BCUT2D eigenvalue weighted by Crippen LogP contribution is 2.26. The molecule has 1 atom stereocenters. The summed E-state index contributed by atoms with van der Waals surface area (Å²) in [7, 11) is 0. The molecule has 0 radical (unpaired) electrons. The van der Waals surface area contributed by atoms with Gasteiger partial charge in [-0.15, -0.1) is 0 Å². The average Bonchev–Trinajstić information content (AvgIpc) is 3.77. The Bertz CT molecular complexity index is 875. The van der Waals surface area contributed by atoms with E-state index < -0.39 is 0 Å². The first-order valence-corrected chi connectivity index (χ1v) is 27.6. The van der Waals surface area contributed by atoms with Crippen molar-refractivity contribution in [1.29, 1.82) is 0 Å². The topological polar surface area (TPSA) is 55.8 Å². The van der Waals surface area contributed by atoms with Gasteiger partial charge in [-0.2, -0.15) is 0 Å². The summed E-state index contributed by atoms with van der Waals surface area (Å²) in [4.78, 5) is 28.1. The van der Waals surface area contributed by atoms with E-state index in [4.69, 9.17) is 9.47 Å². The van der Waals surface area contributed by atoms with Crippen molar-refractivity contribution in [3.63, 3.8) is 0 Å². The lowest BCUT2D eigenvalue weighted by molar-refractivity contribution is -0.150. The van der Waals surface area contributed by atoms with Crippen LogP contribution in [0.15, 0.2) is 0 Å². The van der Waals surface area contributed by atoms with Gasteiger partial charge in [0.1, 0.15) is 6.10 Å². The van der Waals surface area contributed by atoms with Gasteiger partial charge in [0, 0.05) is 12.8 Å². The van der Waals surface area contributed by atoms with Crippen LogP contribution < -0.4 is 0 Å². The Kier molecular flexibility index (Phi) is 42.2. The van der Waals surface area contributed by atoms with Crippen LogP contribution in [0.2, 0.25) is 0 Å². The van der Waals surface area contributed by atoms with Crippen LogP contribution in [-0.2, 0) is 19.1 Å². The summed E-state index contributed by atoms with van der Waals surface area (Å²) in [5, 5.41) is 0. The first-order valence-electron chi connectivity index (χ1n) is 27.6. The van der Waals surface area contributed by atoms with Crippen LogP contribution in [0.5, 0.6) is 0 Å². The van der Waals surface area contributed by atoms with Crippen LogP contribution in [0.25, 0.3) is 0 Å². The molecule has 5 nitrogen and oxygen atoms in total. The van der Waals surface area contributed by atoms with Gasteiger partial charge in [0.2, 0.25) is 0 Å². The first-order chi connectivity index (χ1) is 29.5. The lowest BCUT2D eigenvalue weighted by Gasteiger charge is -2.20. The minimum absolute atomic E-state index is 0.0184. The van der Waals surface area contributed by atoms with Gasteiger partial charge < -0.3 is 14.4 Å². The zero-order valence-corrected chi connectivity index (χ0v) is 41.3. The second-order valence-corrected chi connectivity index (χ2v) is 19.6. The first kappa shape index (κ1) is 56.9. The zero-order chi connectivity index (χ0) is 43.4. The summed E-state index contributed by atoms with van der Waals surface area (Å²) in [5.74, 6) is 1.69. The minimum atomic E-state index is 0.0184. The molecule has 1 aliphatic heterocycles. The number of likely N-dealkylation sites (tertiary alicyclic amines) is 1. The maximum atomic E-state index is 13.0. The van der Waals surface area contributed by atoms with E-state index in [-0.39, 0.29) is 18.0 Å². The minimum Gasteiger partial charge on any atom is -0.466 e. The lowest BCUT2D eigenvalue weighted by atomic mass is 9.90. The van der Waals surface area contributed by atoms with E-state index in [0.29, 0.717) is 19.4 Å². The van der Waals surface area contributed by atoms with E-state index in [1.54, 1.807) is 0 Å². The van der Waals surface area contributed by atoms with Crippen molar-refractivity contribution < 1.29 is 19.1 Å². The summed E-state index contributed by atoms with van der Waals surface area (Å²) in [6.45, 7) is 13.6. The molecule has 0 aromatic rings. The molecule has 0 aliphatic carbocycles. The molecule has 0 aromatic carbocycles. The monoisotopic (exact) mass is 846 g/mol. The fraction of sp³-hybridized carbons (Fsp3) is 0.964. The summed E-state index contributed by atoms with van der Waals surface area (Å²) >= 11 is 0. The Balaban J connectivity index is 2.32. The molecule has 0 saturated carbocycles. The van der Waals surface area contributed by atoms with Crippen molar-refractivity contribution >= 4 is 11.9 Å². The van der Waals surface area contributed by atoms with Gasteiger partial charge in [0.15, 0.2) is 0 Å². The number of ether oxygens (including phenoxy) is 2. The van der Waals surface area contributed by atoms with Gasteiger partial charge in [-0.1, -0.05) is 207 Å². The molecule has 1 saturated heterocycles. The number of carbonyl (C=O) groups excluding carboxylic acids is 2. The lowest BCUT2D eigenvalue weighted by Crippen LogP contribution is -2.21. The second-order valence-electron chi connectivity index (χ2n) is 19.6. The van der Waals surface area contributed by atoms with Gasteiger partial charge >= 0.3 is 11.9 Å². The zero-order valence-electron chi connectivity index (χ0n) is 41.3. The molecule has 0 amide bonds. The van der Waals surface area contributed by atoms with E-state index in [9.17, 15) is 9.59 Å². The van der Waals surface area contributed by atoms with Crippen LogP contribution in [0, 0.1) is 11.8 Å². The maximum absolute atomic E-state index is 13.0. The second kappa shape index (κ2) is 44.5. The third-order valence-electron chi connectivity index (χ3n) is 13.8. The number of hydrogen-bond donors (Lipinski definition) is 0. The predicted molar refractivity (Wildman–Crippen MR) is 261 cm³/mol. The molecule has 1 heterocycles. The molecule has 5 heteroatoms. The number of rotatable bonds is 47. The quantitative estimate of drug-likeness (QED) is 0.0451. The Morgan fingerprint density at radius 3 is 1.23 bits per heavy atom. The largest absolute Gasteiger partial charge is 0.466 e. The van der Waals surface area contributed by atoms with Crippen LogP contribution >= 0.6 is 0 Å².